The molecule has 0 N–H and O–H groups in total. The molecule has 0 aromatic heterocycles. The number of nitrogens with zero attached hydrogens (tertiary/aromatic N) is 2. The van der Waals surface area contributed by atoms with Crippen LogP contribution in [0, 0.1) is 0 Å². The van der Waals surface area contributed by atoms with Gasteiger partial charge in [-0.2, -0.15) is 0 Å². The van der Waals surface area contributed by atoms with E-state index in [0.717, 1.165) is 56.1 Å². The van der Waals surface area contributed by atoms with Crippen LogP contribution in [0.4, 0.5) is 5.69 Å². The molecular weight excluding hydrogens is 388 g/mol. The molecule has 2 fully saturated rings. The summed E-state index contributed by atoms with van der Waals surface area (Å²) in [5.74, 6) is 1.86. The molecule has 1 saturated heterocycles. The van der Waals surface area contributed by atoms with Crippen LogP contribution in [0.5, 0.6) is 11.5 Å². The molecule has 1 amide bonds. The van der Waals surface area contributed by atoms with Gasteiger partial charge in [-0.25, -0.2) is 0 Å². The highest BCUT2D eigenvalue weighted by Crippen LogP contribution is 2.35. The topological polar surface area (TPSA) is 42.0 Å². The van der Waals surface area contributed by atoms with Gasteiger partial charge in [0.15, 0.2) is 11.5 Å². The number of hydrogen-bond donors (Lipinski definition) is 0. The maximum absolute atomic E-state index is 12.6. The van der Waals surface area contributed by atoms with Crippen LogP contribution >= 0.6 is 0 Å². The number of carbonyl (C=O) groups is 1. The molecule has 0 radical (unpaired) electrons. The standard InChI is InChI=1S/C26H34N2O3/c1-3-26(29)28-16-15-27(19-22(28)17-20-9-5-4-6-10-20)21-13-14-24(30-2)25(18-21)31-23-11-7-8-12-23/h4-6,9-10,13-14,18,22-23H,3,7-8,11-12,15-17,19H2,1-2H3/t22-/m0/s1. The van der Waals surface area contributed by atoms with Gasteiger partial charge >= 0.3 is 0 Å². The first-order chi connectivity index (χ1) is 15.2. The Bertz CT molecular complexity index is 864. The highest BCUT2D eigenvalue weighted by Gasteiger charge is 2.30. The fraction of sp³-hybridized carbons (Fsp3) is 0.500. The summed E-state index contributed by atoms with van der Waals surface area (Å²) < 4.78 is 11.9. The predicted octanol–water partition coefficient (Wildman–Crippen LogP) is 4.69. The number of rotatable bonds is 7. The quantitative estimate of drug-likeness (QED) is 0.649. The Morgan fingerprint density at radius 1 is 1.03 bits per heavy atom. The van der Waals surface area contributed by atoms with Gasteiger partial charge in [0.25, 0.3) is 0 Å². The van der Waals surface area contributed by atoms with Crippen molar-refractivity contribution in [2.75, 3.05) is 31.6 Å². The van der Waals surface area contributed by atoms with Crippen LogP contribution in [0.2, 0.25) is 0 Å². The van der Waals surface area contributed by atoms with Crippen LogP contribution in [-0.4, -0.2) is 49.7 Å². The molecule has 1 saturated carbocycles. The van der Waals surface area contributed by atoms with E-state index in [9.17, 15) is 4.79 Å². The number of ether oxygens (including phenoxy) is 2. The van der Waals surface area contributed by atoms with Crippen molar-refractivity contribution in [1.82, 2.24) is 4.90 Å². The number of methoxy groups -OCH3 is 1. The summed E-state index contributed by atoms with van der Waals surface area (Å²) in [4.78, 5) is 17.1. The molecule has 0 unspecified atom stereocenters. The molecule has 1 aliphatic carbocycles. The summed E-state index contributed by atoms with van der Waals surface area (Å²) in [6.07, 6.45) is 6.41. The molecule has 1 aliphatic heterocycles. The van der Waals surface area contributed by atoms with Gasteiger partial charge in [-0.3, -0.25) is 4.79 Å². The van der Waals surface area contributed by atoms with E-state index in [1.165, 1.54) is 18.4 Å². The third kappa shape index (κ3) is 5.15. The summed E-state index contributed by atoms with van der Waals surface area (Å²) in [6, 6.07) is 16.9. The van der Waals surface area contributed by atoms with Gasteiger partial charge in [0, 0.05) is 37.8 Å². The van der Waals surface area contributed by atoms with Crippen LogP contribution in [-0.2, 0) is 11.2 Å². The Hall–Kier alpha value is -2.69. The summed E-state index contributed by atoms with van der Waals surface area (Å²) >= 11 is 0. The van der Waals surface area contributed by atoms with E-state index in [0.29, 0.717) is 6.42 Å². The minimum Gasteiger partial charge on any atom is -0.493 e. The van der Waals surface area contributed by atoms with Gasteiger partial charge in [-0.15, -0.1) is 0 Å². The SMILES string of the molecule is CCC(=O)N1CCN(c2ccc(OC)c(OC3CCCC3)c2)C[C@@H]1Cc1ccccc1. The molecule has 1 atom stereocenters. The second-order valence-corrected chi connectivity index (χ2v) is 8.59. The largest absolute Gasteiger partial charge is 0.493 e. The third-order valence-electron chi connectivity index (χ3n) is 6.53. The first-order valence-electron chi connectivity index (χ1n) is 11.6. The molecular formula is C26H34N2O3. The van der Waals surface area contributed by atoms with E-state index in [2.05, 4.69) is 46.2 Å². The Morgan fingerprint density at radius 3 is 2.52 bits per heavy atom. The van der Waals surface area contributed by atoms with Crippen molar-refractivity contribution in [2.24, 2.45) is 0 Å². The monoisotopic (exact) mass is 422 g/mol. The number of anilines is 1. The first kappa shape index (κ1) is 21.5. The van der Waals surface area contributed by atoms with Crippen molar-refractivity contribution in [3.63, 3.8) is 0 Å². The molecule has 5 heteroatoms. The van der Waals surface area contributed by atoms with Gasteiger partial charge in [0.05, 0.1) is 19.3 Å². The lowest BCUT2D eigenvalue weighted by Gasteiger charge is -2.42. The van der Waals surface area contributed by atoms with Gasteiger partial charge in [0.2, 0.25) is 5.91 Å². The van der Waals surface area contributed by atoms with Crippen LogP contribution in [0.1, 0.15) is 44.6 Å². The minimum absolute atomic E-state index is 0.157. The van der Waals surface area contributed by atoms with Gasteiger partial charge in [-0.1, -0.05) is 37.3 Å². The van der Waals surface area contributed by atoms with Crippen LogP contribution < -0.4 is 14.4 Å². The zero-order valence-electron chi connectivity index (χ0n) is 18.8. The number of piperazine rings is 1. The summed E-state index contributed by atoms with van der Waals surface area (Å²) in [5.41, 5.74) is 2.40. The minimum atomic E-state index is 0.157. The number of hydrogen-bond acceptors (Lipinski definition) is 4. The Morgan fingerprint density at radius 2 is 1.81 bits per heavy atom. The van der Waals surface area contributed by atoms with Crippen molar-refractivity contribution < 1.29 is 14.3 Å². The second kappa shape index (κ2) is 10.1. The van der Waals surface area contributed by atoms with Crippen molar-refractivity contribution in [1.29, 1.82) is 0 Å². The normalized spacial score (nSPS) is 19.5. The highest BCUT2D eigenvalue weighted by molar-refractivity contribution is 5.76. The lowest BCUT2D eigenvalue weighted by atomic mass is 10.0. The summed E-state index contributed by atoms with van der Waals surface area (Å²) in [5, 5.41) is 0. The predicted molar refractivity (Wildman–Crippen MR) is 124 cm³/mol. The van der Waals surface area contributed by atoms with Crippen LogP contribution in [0.25, 0.3) is 0 Å². The highest BCUT2D eigenvalue weighted by atomic mass is 16.5. The van der Waals surface area contributed by atoms with Crippen molar-refractivity contribution in [3.8, 4) is 11.5 Å². The van der Waals surface area contributed by atoms with Crippen LogP contribution in [0.15, 0.2) is 48.5 Å². The van der Waals surface area contributed by atoms with E-state index >= 15 is 0 Å². The second-order valence-electron chi connectivity index (χ2n) is 8.59. The van der Waals surface area contributed by atoms with Crippen molar-refractivity contribution in [2.45, 2.75) is 57.6 Å². The fourth-order valence-electron chi connectivity index (χ4n) is 4.82. The van der Waals surface area contributed by atoms with Gasteiger partial charge in [0.1, 0.15) is 0 Å². The molecule has 4 rings (SSSR count). The lowest BCUT2D eigenvalue weighted by molar-refractivity contribution is -0.133. The molecule has 0 spiro atoms. The number of benzene rings is 2. The maximum atomic E-state index is 12.6. The molecule has 2 aromatic rings. The number of amides is 1. The molecule has 0 bridgehead atoms. The van der Waals surface area contributed by atoms with E-state index < -0.39 is 0 Å². The molecule has 31 heavy (non-hydrogen) atoms. The summed E-state index contributed by atoms with van der Waals surface area (Å²) in [7, 11) is 1.70. The lowest BCUT2D eigenvalue weighted by Crippen LogP contribution is -2.56. The smallest absolute Gasteiger partial charge is 0.222 e. The summed E-state index contributed by atoms with van der Waals surface area (Å²) in [6.45, 7) is 4.33. The van der Waals surface area contributed by atoms with E-state index in [1.54, 1.807) is 7.11 Å². The van der Waals surface area contributed by atoms with Crippen LogP contribution in [0.3, 0.4) is 0 Å². The van der Waals surface area contributed by atoms with E-state index in [4.69, 9.17) is 9.47 Å². The molecule has 1 heterocycles. The zero-order chi connectivity index (χ0) is 21.6. The average molecular weight is 423 g/mol. The first-order valence-corrected chi connectivity index (χ1v) is 11.6. The van der Waals surface area contributed by atoms with E-state index in [1.807, 2.05) is 19.1 Å². The van der Waals surface area contributed by atoms with Crippen molar-refractivity contribution in [3.05, 3.63) is 54.1 Å². The Kier molecular flexibility index (Phi) is 7.00. The Labute approximate surface area is 185 Å². The van der Waals surface area contributed by atoms with Gasteiger partial charge < -0.3 is 19.3 Å². The Balaban J connectivity index is 1.54. The van der Waals surface area contributed by atoms with E-state index in [-0.39, 0.29) is 18.1 Å². The fourth-order valence-corrected chi connectivity index (χ4v) is 4.82. The molecule has 2 aromatic carbocycles. The third-order valence-corrected chi connectivity index (χ3v) is 6.53. The van der Waals surface area contributed by atoms with Crippen molar-refractivity contribution >= 4 is 11.6 Å². The maximum Gasteiger partial charge on any atom is 0.222 e. The van der Waals surface area contributed by atoms with Gasteiger partial charge in [-0.05, 0) is 49.8 Å². The average Bonchev–Trinajstić information content (AvgIpc) is 3.32. The molecule has 166 valence electrons. The molecule has 5 nitrogen and oxygen atoms in total. The number of carbonyl (C=O) groups excluding carboxylic acids is 1. The molecule has 2 aliphatic rings. The zero-order valence-corrected chi connectivity index (χ0v) is 18.8.